The van der Waals surface area contributed by atoms with Gasteiger partial charge in [0.2, 0.25) is 0 Å². The third-order valence-electron chi connectivity index (χ3n) is 3.00. The molecule has 1 saturated heterocycles. The summed E-state index contributed by atoms with van der Waals surface area (Å²) in [5, 5.41) is 9.98. The highest BCUT2D eigenvalue weighted by atomic mass is 35.5. The Balaban J connectivity index is 2.20. The van der Waals surface area contributed by atoms with Crippen molar-refractivity contribution in [3.63, 3.8) is 0 Å². The number of halogens is 2. The molecule has 3 nitrogen and oxygen atoms in total. The molecule has 0 spiro atoms. The van der Waals surface area contributed by atoms with Crippen molar-refractivity contribution in [3.8, 4) is 0 Å². The lowest BCUT2D eigenvalue weighted by Crippen LogP contribution is -2.14. The molecule has 1 fully saturated rings. The number of sulfone groups is 1. The van der Waals surface area contributed by atoms with Crippen LogP contribution in [-0.4, -0.2) is 25.0 Å². The lowest BCUT2D eigenvalue weighted by Gasteiger charge is -2.17. The Morgan fingerprint density at radius 3 is 2.71 bits per heavy atom. The molecule has 2 unspecified atom stereocenters. The molecule has 1 heterocycles. The van der Waals surface area contributed by atoms with E-state index in [4.69, 9.17) is 11.6 Å². The van der Waals surface area contributed by atoms with Crippen LogP contribution >= 0.6 is 11.6 Å². The SMILES string of the molecule is O=S1(=O)CCC(C(O)c2ccc(Cl)c(F)c2)C1. The molecule has 94 valence electrons. The first-order valence-electron chi connectivity index (χ1n) is 5.22. The maximum atomic E-state index is 13.2. The topological polar surface area (TPSA) is 54.4 Å². The number of aliphatic hydroxyl groups excluding tert-OH is 1. The second-order valence-corrected chi connectivity index (χ2v) is 6.92. The van der Waals surface area contributed by atoms with Gasteiger partial charge in [0.05, 0.1) is 22.6 Å². The molecule has 0 bridgehead atoms. The smallest absolute Gasteiger partial charge is 0.150 e. The summed E-state index contributed by atoms with van der Waals surface area (Å²) in [5.41, 5.74) is 0.369. The molecule has 0 amide bonds. The predicted molar refractivity (Wildman–Crippen MR) is 63.1 cm³/mol. The zero-order valence-electron chi connectivity index (χ0n) is 8.94. The lowest BCUT2D eigenvalue weighted by atomic mass is 9.95. The summed E-state index contributed by atoms with van der Waals surface area (Å²) in [7, 11) is -3.05. The highest BCUT2D eigenvalue weighted by Gasteiger charge is 2.33. The van der Waals surface area contributed by atoms with Gasteiger partial charge in [-0.2, -0.15) is 0 Å². The third-order valence-corrected chi connectivity index (χ3v) is 5.10. The van der Waals surface area contributed by atoms with Crippen molar-refractivity contribution in [1.82, 2.24) is 0 Å². The van der Waals surface area contributed by atoms with Crippen LogP contribution in [0.4, 0.5) is 4.39 Å². The quantitative estimate of drug-likeness (QED) is 0.900. The number of hydrogen-bond donors (Lipinski definition) is 1. The van der Waals surface area contributed by atoms with Gasteiger partial charge in [0.1, 0.15) is 5.82 Å². The van der Waals surface area contributed by atoms with E-state index < -0.39 is 21.8 Å². The number of rotatable bonds is 2. The summed E-state index contributed by atoms with van der Waals surface area (Å²) in [5.74, 6) is -0.923. The predicted octanol–water partition coefficient (Wildman–Crippen LogP) is 1.95. The fraction of sp³-hybridized carbons (Fsp3) is 0.455. The van der Waals surface area contributed by atoms with Gasteiger partial charge in [-0.15, -0.1) is 0 Å². The molecule has 2 rings (SSSR count). The van der Waals surface area contributed by atoms with Gasteiger partial charge in [0, 0.05) is 5.92 Å². The van der Waals surface area contributed by atoms with Crippen molar-refractivity contribution in [1.29, 1.82) is 0 Å². The molecule has 1 aromatic rings. The van der Waals surface area contributed by atoms with Gasteiger partial charge in [-0.05, 0) is 24.1 Å². The molecule has 1 aromatic carbocycles. The molecule has 0 radical (unpaired) electrons. The van der Waals surface area contributed by atoms with Crippen molar-refractivity contribution in [3.05, 3.63) is 34.6 Å². The van der Waals surface area contributed by atoms with E-state index in [1.807, 2.05) is 0 Å². The molecule has 1 aliphatic rings. The zero-order chi connectivity index (χ0) is 12.6. The fourth-order valence-electron chi connectivity index (χ4n) is 2.04. The second-order valence-electron chi connectivity index (χ2n) is 4.28. The van der Waals surface area contributed by atoms with Gasteiger partial charge in [0.15, 0.2) is 9.84 Å². The zero-order valence-corrected chi connectivity index (χ0v) is 10.5. The van der Waals surface area contributed by atoms with Gasteiger partial charge in [0.25, 0.3) is 0 Å². The minimum Gasteiger partial charge on any atom is -0.388 e. The monoisotopic (exact) mass is 278 g/mol. The molecule has 1 aliphatic heterocycles. The minimum atomic E-state index is -3.05. The van der Waals surface area contributed by atoms with E-state index in [2.05, 4.69) is 0 Å². The Labute approximate surface area is 104 Å². The summed E-state index contributed by atoms with van der Waals surface area (Å²) < 4.78 is 35.8. The summed E-state index contributed by atoms with van der Waals surface area (Å²) in [6, 6.07) is 4.03. The van der Waals surface area contributed by atoms with Crippen molar-refractivity contribution >= 4 is 21.4 Å². The maximum absolute atomic E-state index is 13.2. The Bertz CT molecular complexity index is 530. The average molecular weight is 279 g/mol. The van der Waals surface area contributed by atoms with Gasteiger partial charge in [-0.1, -0.05) is 17.7 Å². The van der Waals surface area contributed by atoms with Gasteiger partial charge < -0.3 is 5.11 Å². The van der Waals surface area contributed by atoms with Crippen molar-refractivity contribution in [2.24, 2.45) is 5.92 Å². The molecular weight excluding hydrogens is 267 g/mol. The highest BCUT2D eigenvalue weighted by Crippen LogP contribution is 2.32. The third kappa shape index (κ3) is 2.78. The van der Waals surface area contributed by atoms with Gasteiger partial charge in [-0.25, -0.2) is 12.8 Å². The highest BCUT2D eigenvalue weighted by molar-refractivity contribution is 7.91. The van der Waals surface area contributed by atoms with Crippen LogP contribution < -0.4 is 0 Å². The molecule has 1 N–H and O–H groups in total. The van der Waals surface area contributed by atoms with Crippen LogP contribution in [0.3, 0.4) is 0 Å². The van der Waals surface area contributed by atoms with E-state index in [1.54, 1.807) is 0 Å². The van der Waals surface area contributed by atoms with E-state index >= 15 is 0 Å². The number of hydrogen-bond acceptors (Lipinski definition) is 3. The minimum absolute atomic E-state index is 0.0139. The molecule has 0 saturated carbocycles. The normalized spacial score (nSPS) is 24.8. The van der Waals surface area contributed by atoms with Crippen LogP contribution in [0, 0.1) is 11.7 Å². The van der Waals surface area contributed by atoms with Crippen molar-refractivity contribution in [2.45, 2.75) is 12.5 Å². The van der Waals surface area contributed by atoms with Crippen LogP contribution in [-0.2, 0) is 9.84 Å². The Kier molecular flexibility index (Phi) is 3.43. The van der Waals surface area contributed by atoms with Gasteiger partial charge in [-0.3, -0.25) is 0 Å². The molecule has 2 atom stereocenters. The van der Waals surface area contributed by atoms with E-state index in [0.29, 0.717) is 12.0 Å². The second kappa shape index (κ2) is 4.55. The molecular formula is C11H12ClFO3S. The molecule has 0 aromatic heterocycles. The number of aliphatic hydroxyl groups is 1. The van der Waals surface area contributed by atoms with Crippen LogP contribution in [0.5, 0.6) is 0 Å². The molecule has 0 aliphatic carbocycles. The fourth-order valence-corrected chi connectivity index (χ4v) is 3.99. The average Bonchev–Trinajstić information content (AvgIpc) is 2.62. The Hall–Kier alpha value is -0.650. The summed E-state index contributed by atoms with van der Waals surface area (Å²) in [6.45, 7) is 0. The lowest BCUT2D eigenvalue weighted by molar-refractivity contribution is 0.120. The summed E-state index contributed by atoms with van der Waals surface area (Å²) in [4.78, 5) is 0. The van der Waals surface area contributed by atoms with E-state index in [-0.39, 0.29) is 22.4 Å². The first kappa shape index (κ1) is 12.8. The van der Waals surface area contributed by atoms with E-state index in [0.717, 1.165) is 6.07 Å². The van der Waals surface area contributed by atoms with Crippen LogP contribution in [0.1, 0.15) is 18.1 Å². The van der Waals surface area contributed by atoms with Crippen LogP contribution in [0.15, 0.2) is 18.2 Å². The molecule has 6 heteroatoms. The van der Waals surface area contributed by atoms with Crippen molar-refractivity contribution in [2.75, 3.05) is 11.5 Å². The summed E-state index contributed by atoms with van der Waals surface area (Å²) in [6.07, 6.45) is -0.549. The van der Waals surface area contributed by atoms with Crippen molar-refractivity contribution < 1.29 is 17.9 Å². The van der Waals surface area contributed by atoms with E-state index in [9.17, 15) is 17.9 Å². The largest absolute Gasteiger partial charge is 0.388 e. The first-order valence-corrected chi connectivity index (χ1v) is 7.42. The van der Waals surface area contributed by atoms with E-state index in [1.165, 1.54) is 12.1 Å². The maximum Gasteiger partial charge on any atom is 0.150 e. The Morgan fingerprint density at radius 1 is 1.47 bits per heavy atom. The summed E-state index contributed by atoms with van der Waals surface area (Å²) >= 11 is 5.54. The van der Waals surface area contributed by atoms with Gasteiger partial charge >= 0.3 is 0 Å². The van der Waals surface area contributed by atoms with Crippen LogP contribution in [0.25, 0.3) is 0 Å². The van der Waals surface area contributed by atoms with Crippen LogP contribution in [0.2, 0.25) is 5.02 Å². The standard InChI is InChI=1S/C11H12ClFO3S/c12-9-2-1-7(5-10(9)13)11(14)8-3-4-17(15,16)6-8/h1-2,5,8,11,14H,3-4,6H2. The number of benzene rings is 1. The first-order chi connectivity index (χ1) is 7.89. The molecule has 17 heavy (non-hydrogen) atoms. The Morgan fingerprint density at radius 2 is 2.18 bits per heavy atom.